The molecule has 1 amide bonds. The van der Waals surface area contributed by atoms with Crippen molar-refractivity contribution in [2.24, 2.45) is 0 Å². The number of methoxy groups -OCH3 is 1. The van der Waals surface area contributed by atoms with Crippen LogP contribution in [0, 0.1) is 12.7 Å². The van der Waals surface area contributed by atoms with Crippen molar-refractivity contribution >= 4 is 28.5 Å². The molecule has 20 heavy (non-hydrogen) atoms. The van der Waals surface area contributed by atoms with E-state index in [1.807, 2.05) is 0 Å². The fourth-order valence-corrected chi connectivity index (χ4v) is 2.05. The molecule has 0 aliphatic carbocycles. The molecule has 1 N–H and O–H groups in total. The van der Waals surface area contributed by atoms with Crippen LogP contribution in [0.3, 0.4) is 0 Å². The molecule has 0 spiro atoms. The van der Waals surface area contributed by atoms with E-state index in [4.69, 9.17) is 4.74 Å². The molecule has 0 bridgehead atoms. The zero-order chi connectivity index (χ0) is 14.5. The summed E-state index contributed by atoms with van der Waals surface area (Å²) in [4.78, 5) is 11.6. The van der Waals surface area contributed by atoms with E-state index in [1.165, 1.54) is 42.7 Å². The van der Waals surface area contributed by atoms with E-state index in [0.717, 1.165) is 5.01 Å². The molecule has 1 heterocycles. The number of nitrogens with zero attached hydrogens (tertiary/aromatic N) is 2. The minimum Gasteiger partial charge on any atom is -0.494 e. The Morgan fingerprint density at radius 1 is 1.45 bits per heavy atom. The van der Waals surface area contributed by atoms with E-state index < -0.39 is 5.82 Å². The van der Waals surface area contributed by atoms with Crippen molar-refractivity contribution in [2.75, 3.05) is 12.4 Å². The molecule has 1 aromatic heterocycles. The van der Waals surface area contributed by atoms with Gasteiger partial charge in [-0.05, 0) is 30.7 Å². The van der Waals surface area contributed by atoms with Gasteiger partial charge in [-0.3, -0.25) is 10.1 Å². The smallest absolute Gasteiger partial charge is 0.250 e. The molecular formula is C13H12FN3O2S. The van der Waals surface area contributed by atoms with Crippen LogP contribution >= 0.6 is 11.3 Å². The number of anilines is 1. The molecular weight excluding hydrogens is 281 g/mol. The summed E-state index contributed by atoms with van der Waals surface area (Å²) >= 11 is 1.28. The Morgan fingerprint density at radius 2 is 2.25 bits per heavy atom. The number of nitrogens with one attached hydrogen (secondary N) is 1. The molecule has 2 aromatic rings. The van der Waals surface area contributed by atoms with Gasteiger partial charge in [-0.15, -0.1) is 10.2 Å². The molecule has 0 saturated heterocycles. The van der Waals surface area contributed by atoms with E-state index in [9.17, 15) is 9.18 Å². The van der Waals surface area contributed by atoms with Crippen LogP contribution in [0.4, 0.5) is 9.52 Å². The first-order chi connectivity index (χ1) is 9.58. The van der Waals surface area contributed by atoms with Gasteiger partial charge < -0.3 is 4.74 Å². The van der Waals surface area contributed by atoms with E-state index >= 15 is 0 Å². The van der Waals surface area contributed by atoms with Gasteiger partial charge in [0.2, 0.25) is 11.0 Å². The highest BCUT2D eigenvalue weighted by Crippen LogP contribution is 2.18. The number of carbonyl (C=O) groups excluding carboxylic acids is 1. The van der Waals surface area contributed by atoms with Gasteiger partial charge in [0, 0.05) is 6.08 Å². The van der Waals surface area contributed by atoms with Crippen molar-refractivity contribution in [3.63, 3.8) is 0 Å². The second kappa shape index (κ2) is 6.25. The summed E-state index contributed by atoms with van der Waals surface area (Å²) in [6.07, 6.45) is 2.81. The first-order valence-electron chi connectivity index (χ1n) is 5.71. The first kappa shape index (κ1) is 14.1. The van der Waals surface area contributed by atoms with Crippen LogP contribution in [-0.4, -0.2) is 23.2 Å². The van der Waals surface area contributed by atoms with Crippen LogP contribution in [0.15, 0.2) is 24.3 Å². The third-order valence-electron chi connectivity index (χ3n) is 2.36. The van der Waals surface area contributed by atoms with E-state index in [0.29, 0.717) is 10.7 Å². The SMILES string of the molecule is COc1ccc(/C=C/C(=O)Nc2nnc(C)s2)cc1F. The summed E-state index contributed by atoms with van der Waals surface area (Å²) in [5.74, 6) is -0.664. The Balaban J connectivity index is 2.01. The molecule has 0 saturated carbocycles. The van der Waals surface area contributed by atoms with E-state index in [2.05, 4.69) is 15.5 Å². The van der Waals surface area contributed by atoms with Gasteiger partial charge >= 0.3 is 0 Å². The third-order valence-corrected chi connectivity index (χ3v) is 3.11. The topological polar surface area (TPSA) is 64.1 Å². The molecule has 0 radical (unpaired) electrons. The first-order valence-corrected chi connectivity index (χ1v) is 6.53. The Morgan fingerprint density at radius 3 is 2.85 bits per heavy atom. The maximum absolute atomic E-state index is 13.4. The van der Waals surface area contributed by atoms with Gasteiger partial charge in [-0.25, -0.2) is 4.39 Å². The number of benzene rings is 1. The second-order valence-electron chi connectivity index (χ2n) is 3.84. The van der Waals surface area contributed by atoms with Crippen LogP contribution in [0.5, 0.6) is 5.75 Å². The molecule has 0 fully saturated rings. The normalized spacial score (nSPS) is 10.8. The summed E-state index contributed by atoms with van der Waals surface area (Å²) in [6.45, 7) is 1.79. The number of hydrogen-bond donors (Lipinski definition) is 1. The highest BCUT2D eigenvalue weighted by Gasteiger charge is 2.04. The Kier molecular flexibility index (Phi) is 4.41. The van der Waals surface area contributed by atoms with Gasteiger partial charge in [-0.2, -0.15) is 0 Å². The lowest BCUT2D eigenvalue weighted by molar-refractivity contribution is -0.111. The number of carbonyl (C=O) groups is 1. The largest absolute Gasteiger partial charge is 0.494 e. The predicted molar refractivity (Wildman–Crippen MR) is 75.3 cm³/mol. The number of amides is 1. The summed E-state index contributed by atoms with van der Waals surface area (Å²) in [5, 5.41) is 11.3. The van der Waals surface area contributed by atoms with Gasteiger partial charge in [0.05, 0.1) is 7.11 Å². The quantitative estimate of drug-likeness (QED) is 0.880. The fourth-order valence-electron chi connectivity index (χ4n) is 1.45. The maximum atomic E-state index is 13.4. The van der Waals surface area contributed by atoms with Crippen molar-refractivity contribution in [3.05, 3.63) is 40.7 Å². The lowest BCUT2D eigenvalue weighted by atomic mass is 10.2. The van der Waals surface area contributed by atoms with E-state index in [1.54, 1.807) is 13.0 Å². The highest BCUT2D eigenvalue weighted by atomic mass is 32.1. The van der Waals surface area contributed by atoms with Crippen molar-refractivity contribution in [2.45, 2.75) is 6.92 Å². The number of rotatable bonds is 4. The summed E-state index contributed by atoms with van der Waals surface area (Å²) in [6, 6.07) is 4.44. The van der Waals surface area contributed by atoms with Gasteiger partial charge in [0.25, 0.3) is 0 Å². The van der Waals surface area contributed by atoms with Crippen LogP contribution < -0.4 is 10.1 Å². The average molecular weight is 293 g/mol. The minimum absolute atomic E-state index is 0.163. The molecule has 5 nitrogen and oxygen atoms in total. The number of halogens is 1. The zero-order valence-corrected chi connectivity index (χ0v) is 11.7. The number of aryl methyl sites for hydroxylation is 1. The Bertz CT molecular complexity index is 655. The number of aromatic nitrogens is 2. The van der Waals surface area contributed by atoms with Gasteiger partial charge in [0.15, 0.2) is 11.6 Å². The van der Waals surface area contributed by atoms with Crippen molar-refractivity contribution in [3.8, 4) is 5.75 Å². The van der Waals surface area contributed by atoms with Crippen LogP contribution in [0.2, 0.25) is 0 Å². The van der Waals surface area contributed by atoms with Crippen molar-refractivity contribution in [1.29, 1.82) is 0 Å². The molecule has 0 atom stereocenters. The van der Waals surface area contributed by atoms with Crippen molar-refractivity contribution < 1.29 is 13.9 Å². The van der Waals surface area contributed by atoms with Crippen molar-refractivity contribution in [1.82, 2.24) is 10.2 Å². The van der Waals surface area contributed by atoms with Gasteiger partial charge in [-0.1, -0.05) is 17.4 Å². The predicted octanol–water partition coefficient (Wildman–Crippen LogP) is 2.65. The minimum atomic E-state index is -0.477. The monoisotopic (exact) mass is 293 g/mol. The summed E-state index contributed by atoms with van der Waals surface area (Å²) in [7, 11) is 1.39. The van der Waals surface area contributed by atoms with E-state index in [-0.39, 0.29) is 11.7 Å². The molecule has 104 valence electrons. The highest BCUT2D eigenvalue weighted by molar-refractivity contribution is 7.15. The molecule has 2 rings (SSSR count). The molecule has 1 aromatic carbocycles. The Labute approximate surface area is 119 Å². The number of ether oxygens (including phenoxy) is 1. The molecule has 7 heteroatoms. The van der Waals surface area contributed by atoms with Crippen LogP contribution in [-0.2, 0) is 4.79 Å². The molecule has 0 aliphatic heterocycles. The third kappa shape index (κ3) is 3.61. The number of hydrogen-bond acceptors (Lipinski definition) is 5. The van der Waals surface area contributed by atoms with Crippen LogP contribution in [0.25, 0.3) is 6.08 Å². The van der Waals surface area contributed by atoms with Gasteiger partial charge in [0.1, 0.15) is 5.01 Å². The standard InChI is InChI=1S/C13H12FN3O2S/c1-8-16-17-13(20-8)15-12(18)6-4-9-3-5-11(19-2)10(14)7-9/h3-7H,1-2H3,(H,15,17,18)/b6-4+. The lowest BCUT2D eigenvalue weighted by Gasteiger charge is -2.01. The second-order valence-corrected chi connectivity index (χ2v) is 5.02. The van der Waals surface area contributed by atoms with Crippen LogP contribution in [0.1, 0.15) is 10.6 Å². The fraction of sp³-hybridized carbons (Fsp3) is 0.154. The lowest BCUT2D eigenvalue weighted by Crippen LogP contribution is -2.07. The summed E-state index contributed by atoms with van der Waals surface area (Å²) in [5.41, 5.74) is 0.562. The zero-order valence-electron chi connectivity index (χ0n) is 10.9. The maximum Gasteiger partial charge on any atom is 0.250 e. The Hall–Kier alpha value is -2.28. The molecule has 0 aliphatic rings. The average Bonchev–Trinajstić information content (AvgIpc) is 2.82. The molecule has 0 unspecified atom stereocenters. The summed E-state index contributed by atoms with van der Waals surface area (Å²) < 4.78 is 18.3.